The summed E-state index contributed by atoms with van der Waals surface area (Å²) in [6, 6.07) is -0.0226. The predicted molar refractivity (Wildman–Crippen MR) is 100 cm³/mol. The smallest absolute Gasteiger partial charge is 0.314 e. The number of piperidine rings is 2. The van der Waals surface area contributed by atoms with Crippen molar-refractivity contribution >= 4 is 6.03 Å². The number of amides is 2. The summed E-state index contributed by atoms with van der Waals surface area (Å²) in [5.74, 6) is 0.504. The van der Waals surface area contributed by atoms with E-state index in [4.69, 9.17) is 0 Å². The maximum atomic E-state index is 12.1. The van der Waals surface area contributed by atoms with Crippen molar-refractivity contribution in [2.24, 2.45) is 5.92 Å². The van der Waals surface area contributed by atoms with E-state index in [2.05, 4.69) is 41.2 Å². The van der Waals surface area contributed by atoms with Crippen LogP contribution < -0.4 is 10.6 Å². The molecule has 140 valence electrons. The second kappa shape index (κ2) is 9.62. The summed E-state index contributed by atoms with van der Waals surface area (Å²) in [4.78, 5) is 17.2. The van der Waals surface area contributed by atoms with E-state index in [9.17, 15) is 4.79 Å². The molecule has 2 aliphatic heterocycles. The van der Waals surface area contributed by atoms with Gasteiger partial charge in [0, 0.05) is 25.2 Å². The van der Waals surface area contributed by atoms with Gasteiger partial charge in [-0.3, -0.25) is 4.90 Å². The summed E-state index contributed by atoms with van der Waals surface area (Å²) in [7, 11) is 0. The number of hydrogen-bond donors (Lipinski definition) is 2. The first-order valence-corrected chi connectivity index (χ1v) is 9.96. The van der Waals surface area contributed by atoms with Gasteiger partial charge in [0.05, 0.1) is 0 Å². The van der Waals surface area contributed by atoms with Gasteiger partial charge in [-0.25, -0.2) is 4.79 Å². The second-order valence-corrected chi connectivity index (χ2v) is 8.39. The Bertz CT molecular complexity index is 374. The Morgan fingerprint density at radius 2 is 1.54 bits per heavy atom. The van der Waals surface area contributed by atoms with Gasteiger partial charge in [0.25, 0.3) is 0 Å². The van der Waals surface area contributed by atoms with Gasteiger partial charge in [0.15, 0.2) is 0 Å². The van der Waals surface area contributed by atoms with Crippen LogP contribution in [-0.4, -0.2) is 67.2 Å². The minimum absolute atomic E-state index is 0.0226. The van der Waals surface area contributed by atoms with Crippen LogP contribution in [0.5, 0.6) is 0 Å². The average Bonchev–Trinajstić information content (AvgIpc) is 2.60. The highest BCUT2D eigenvalue weighted by atomic mass is 16.2. The largest absolute Gasteiger partial charge is 0.338 e. The lowest BCUT2D eigenvalue weighted by atomic mass is 9.98. The Kier molecular flexibility index (Phi) is 7.82. The number of nitrogens with one attached hydrogen (secondary N) is 2. The standard InChI is InChI=1S/C19H38N4O/c1-17(15-22-10-6-4-7-11-22)14-20-18(24)21-16-19(2,3)23-12-8-5-9-13-23/h17H,4-16H2,1-3H3,(H2,20,21,24). The topological polar surface area (TPSA) is 47.6 Å². The van der Waals surface area contributed by atoms with Gasteiger partial charge < -0.3 is 15.5 Å². The molecule has 5 heteroatoms. The highest BCUT2D eigenvalue weighted by Gasteiger charge is 2.28. The van der Waals surface area contributed by atoms with Gasteiger partial charge in [0.1, 0.15) is 0 Å². The molecule has 2 aliphatic rings. The maximum Gasteiger partial charge on any atom is 0.314 e. The molecular formula is C19H38N4O. The van der Waals surface area contributed by atoms with Crippen molar-refractivity contribution in [3.63, 3.8) is 0 Å². The lowest BCUT2D eigenvalue weighted by Gasteiger charge is -2.41. The summed E-state index contributed by atoms with van der Waals surface area (Å²) in [5, 5.41) is 6.13. The van der Waals surface area contributed by atoms with E-state index in [0.29, 0.717) is 12.5 Å². The predicted octanol–water partition coefficient (Wildman–Crippen LogP) is 2.67. The van der Waals surface area contributed by atoms with E-state index in [1.165, 1.54) is 51.6 Å². The zero-order chi connectivity index (χ0) is 17.4. The van der Waals surface area contributed by atoms with Crippen molar-refractivity contribution in [2.75, 3.05) is 45.8 Å². The van der Waals surface area contributed by atoms with Gasteiger partial charge >= 0.3 is 6.03 Å². The highest BCUT2D eigenvalue weighted by Crippen LogP contribution is 2.19. The third-order valence-electron chi connectivity index (χ3n) is 5.52. The first kappa shape index (κ1) is 19.5. The van der Waals surface area contributed by atoms with E-state index < -0.39 is 0 Å². The third-order valence-corrected chi connectivity index (χ3v) is 5.52. The molecule has 0 spiro atoms. The van der Waals surface area contributed by atoms with Gasteiger partial charge in [0.2, 0.25) is 0 Å². The van der Waals surface area contributed by atoms with E-state index in [0.717, 1.165) is 26.2 Å². The van der Waals surface area contributed by atoms with E-state index in [1.54, 1.807) is 0 Å². The molecule has 2 heterocycles. The summed E-state index contributed by atoms with van der Waals surface area (Å²) in [6.45, 7) is 14.0. The van der Waals surface area contributed by atoms with Crippen molar-refractivity contribution in [1.29, 1.82) is 0 Å². The first-order valence-electron chi connectivity index (χ1n) is 9.96. The molecular weight excluding hydrogens is 300 g/mol. The van der Waals surface area contributed by atoms with Crippen LogP contribution in [0.2, 0.25) is 0 Å². The quantitative estimate of drug-likeness (QED) is 0.750. The molecule has 2 rings (SSSR count). The third kappa shape index (κ3) is 6.60. The molecule has 2 N–H and O–H groups in total. The summed E-state index contributed by atoms with van der Waals surface area (Å²) in [6.07, 6.45) is 7.93. The number of carbonyl (C=O) groups is 1. The minimum atomic E-state index is -0.0226. The normalized spacial score (nSPS) is 22.1. The monoisotopic (exact) mass is 338 g/mol. The molecule has 0 aliphatic carbocycles. The van der Waals surface area contributed by atoms with Crippen LogP contribution in [0.15, 0.2) is 0 Å². The zero-order valence-corrected chi connectivity index (χ0v) is 16.1. The molecule has 0 radical (unpaired) electrons. The number of nitrogens with zero attached hydrogens (tertiary/aromatic N) is 2. The van der Waals surface area contributed by atoms with Gasteiger partial charge in [-0.2, -0.15) is 0 Å². The first-order chi connectivity index (χ1) is 11.5. The fourth-order valence-corrected chi connectivity index (χ4v) is 3.88. The molecule has 0 aromatic heterocycles. The molecule has 0 aromatic carbocycles. The number of rotatable bonds is 7. The summed E-state index contributed by atoms with van der Waals surface area (Å²) in [5.41, 5.74) is 0.0389. The lowest BCUT2D eigenvalue weighted by Crippen LogP contribution is -2.54. The number of likely N-dealkylation sites (tertiary alicyclic amines) is 2. The number of carbonyl (C=O) groups excluding carboxylic acids is 1. The van der Waals surface area contributed by atoms with E-state index >= 15 is 0 Å². The van der Waals surface area contributed by atoms with Crippen LogP contribution in [-0.2, 0) is 0 Å². The molecule has 2 saturated heterocycles. The lowest BCUT2D eigenvalue weighted by molar-refractivity contribution is 0.0959. The SMILES string of the molecule is CC(CNC(=O)NCC(C)(C)N1CCCCC1)CN1CCCCC1. The van der Waals surface area contributed by atoms with Gasteiger partial charge in [-0.05, 0) is 71.6 Å². The molecule has 24 heavy (non-hydrogen) atoms. The Balaban J connectivity index is 1.61. The zero-order valence-electron chi connectivity index (χ0n) is 16.1. The van der Waals surface area contributed by atoms with Crippen molar-refractivity contribution < 1.29 is 4.79 Å². The molecule has 2 fully saturated rings. The molecule has 1 unspecified atom stereocenters. The van der Waals surface area contributed by atoms with Crippen LogP contribution in [0.25, 0.3) is 0 Å². The Hall–Kier alpha value is -0.810. The Morgan fingerprint density at radius 1 is 0.958 bits per heavy atom. The number of urea groups is 1. The van der Waals surface area contributed by atoms with Crippen LogP contribution in [0.3, 0.4) is 0 Å². The van der Waals surface area contributed by atoms with Crippen molar-refractivity contribution in [3.8, 4) is 0 Å². The molecule has 2 amide bonds. The van der Waals surface area contributed by atoms with Crippen molar-refractivity contribution in [1.82, 2.24) is 20.4 Å². The molecule has 0 aromatic rings. The fraction of sp³-hybridized carbons (Fsp3) is 0.947. The van der Waals surface area contributed by atoms with Gasteiger partial charge in [-0.1, -0.05) is 19.8 Å². The minimum Gasteiger partial charge on any atom is -0.338 e. The molecule has 0 saturated carbocycles. The van der Waals surface area contributed by atoms with Gasteiger partial charge in [-0.15, -0.1) is 0 Å². The van der Waals surface area contributed by atoms with Crippen LogP contribution in [0.4, 0.5) is 4.79 Å². The summed E-state index contributed by atoms with van der Waals surface area (Å²) < 4.78 is 0. The summed E-state index contributed by atoms with van der Waals surface area (Å²) >= 11 is 0. The average molecular weight is 339 g/mol. The fourth-order valence-electron chi connectivity index (χ4n) is 3.88. The Labute approximate surface area is 148 Å². The van der Waals surface area contributed by atoms with E-state index in [1.807, 2.05) is 0 Å². The maximum absolute atomic E-state index is 12.1. The molecule has 0 bridgehead atoms. The van der Waals surface area contributed by atoms with Crippen molar-refractivity contribution in [3.05, 3.63) is 0 Å². The van der Waals surface area contributed by atoms with Crippen LogP contribution in [0.1, 0.15) is 59.3 Å². The van der Waals surface area contributed by atoms with Crippen LogP contribution in [0, 0.1) is 5.92 Å². The Morgan fingerprint density at radius 3 is 2.17 bits per heavy atom. The number of hydrogen-bond acceptors (Lipinski definition) is 3. The molecule has 5 nitrogen and oxygen atoms in total. The molecule has 1 atom stereocenters. The highest BCUT2D eigenvalue weighted by molar-refractivity contribution is 5.73. The van der Waals surface area contributed by atoms with Crippen molar-refractivity contribution in [2.45, 2.75) is 64.8 Å². The second-order valence-electron chi connectivity index (χ2n) is 8.39. The van der Waals surface area contributed by atoms with E-state index in [-0.39, 0.29) is 11.6 Å². The van der Waals surface area contributed by atoms with Crippen LogP contribution >= 0.6 is 0 Å².